The highest BCUT2D eigenvalue weighted by Gasteiger charge is 2.14. The molecule has 2 heterocycles. The Morgan fingerprint density at radius 2 is 2.16 bits per heavy atom. The molecule has 0 unspecified atom stereocenters. The lowest BCUT2D eigenvalue weighted by atomic mass is 10.1. The zero-order valence-electron chi connectivity index (χ0n) is 9.52. The summed E-state index contributed by atoms with van der Waals surface area (Å²) in [6, 6.07) is 8.14. The van der Waals surface area contributed by atoms with Gasteiger partial charge in [0, 0.05) is 30.1 Å². The second-order valence-corrected chi connectivity index (χ2v) is 4.60. The molecule has 2 aromatic heterocycles. The molecule has 0 fully saturated rings. The molecule has 0 saturated heterocycles. The van der Waals surface area contributed by atoms with Crippen LogP contribution in [-0.2, 0) is 0 Å². The first-order chi connectivity index (χ1) is 9.16. The van der Waals surface area contributed by atoms with Crippen LogP contribution in [0.25, 0.3) is 17.0 Å². The van der Waals surface area contributed by atoms with Crippen molar-refractivity contribution in [1.29, 1.82) is 0 Å². The highest BCUT2D eigenvalue weighted by Crippen LogP contribution is 2.30. The van der Waals surface area contributed by atoms with Gasteiger partial charge in [0.1, 0.15) is 10.3 Å². The van der Waals surface area contributed by atoms with E-state index in [4.69, 9.17) is 0 Å². The zero-order chi connectivity index (χ0) is 13.4. The number of fused-ring (bicyclic) bond motifs is 1. The van der Waals surface area contributed by atoms with Crippen LogP contribution in [0.2, 0.25) is 0 Å². The Bertz CT molecular complexity index is 784. The molecule has 3 rings (SSSR count). The molecule has 1 aromatic carbocycles. The second kappa shape index (κ2) is 4.43. The third kappa shape index (κ3) is 1.97. The second-order valence-electron chi connectivity index (χ2n) is 3.85. The molecule has 0 atom stereocenters. The van der Waals surface area contributed by atoms with Gasteiger partial charge in [0.25, 0.3) is 5.69 Å². The summed E-state index contributed by atoms with van der Waals surface area (Å²) in [5.74, 6) is 0.538. The van der Waals surface area contributed by atoms with Gasteiger partial charge in [-0.15, -0.1) is 0 Å². The Morgan fingerprint density at radius 3 is 2.89 bits per heavy atom. The lowest BCUT2D eigenvalue weighted by Gasteiger charge is -1.98. The lowest BCUT2D eigenvalue weighted by molar-refractivity contribution is -0.384. The van der Waals surface area contributed by atoms with Gasteiger partial charge in [-0.3, -0.25) is 14.5 Å². The largest absolute Gasteiger partial charge is 0.277 e. The van der Waals surface area contributed by atoms with E-state index in [1.165, 1.54) is 12.1 Å². The molecule has 0 aliphatic rings. The Hall–Kier alpha value is -2.28. The molecular formula is C12H7BrN4O2. The van der Waals surface area contributed by atoms with Gasteiger partial charge in [0.2, 0.25) is 5.78 Å². The molecule has 6 nitrogen and oxygen atoms in total. The van der Waals surface area contributed by atoms with E-state index in [9.17, 15) is 10.1 Å². The van der Waals surface area contributed by atoms with E-state index < -0.39 is 4.92 Å². The number of aromatic nitrogens is 3. The maximum absolute atomic E-state index is 10.8. The van der Waals surface area contributed by atoms with E-state index in [-0.39, 0.29) is 5.69 Å². The number of rotatable bonds is 2. The first kappa shape index (κ1) is 11.8. The molecular weight excluding hydrogens is 312 g/mol. The molecule has 0 saturated carbocycles. The first-order valence-corrected chi connectivity index (χ1v) is 6.19. The summed E-state index contributed by atoms with van der Waals surface area (Å²) in [5, 5.41) is 10.8. The summed E-state index contributed by atoms with van der Waals surface area (Å²) < 4.78 is 2.49. The van der Waals surface area contributed by atoms with Crippen molar-refractivity contribution >= 4 is 27.4 Å². The number of nitro groups is 1. The standard InChI is InChI=1S/C12H7BrN4O2/c13-11-10(15-12-14-5-2-6-16(11)12)8-3-1-4-9(7-8)17(18)19/h1-7H. The number of hydrogen-bond acceptors (Lipinski definition) is 4. The molecule has 0 amide bonds. The van der Waals surface area contributed by atoms with Crippen molar-refractivity contribution < 1.29 is 4.92 Å². The smallest absolute Gasteiger partial charge is 0.270 e. The normalized spacial score (nSPS) is 10.8. The molecule has 94 valence electrons. The molecule has 0 radical (unpaired) electrons. The van der Waals surface area contributed by atoms with Crippen LogP contribution in [0.15, 0.2) is 47.3 Å². The van der Waals surface area contributed by atoms with Gasteiger partial charge in [-0.05, 0) is 22.0 Å². The average Bonchev–Trinajstić information content (AvgIpc) is 2.77. The van der Waals surface area contributed by atoms with Crippen molar-refractivity contribution in [2.24, 2.45) is 0 Å². The molecule has 0 bridgehead atoms. The maximum atomic E-state index is 10.8. The van der Waals surface area contributed by atoms with Gasteiger partial charge in [-0.1, -0.05) is 12.1 Å². The minimum absolute atomic E-state index is 0.0365. The van der Waals surface area contributed by atoms with Crippen molar-refractivity contribution in [1.82, 2.24) is 14.4 Å². The van der Waals surface area contributed by atoms with Crippen LogP contribution in [0, 0.1) is 10.1 Å². The summed E-state index contributed by atoms with van der Waals surface area (Å²) in [6.07, 6.45) is 3.46. The van der Waals surface area contributed by atoms with Crippen LogP contribution >= 0.6 is 15.9 Å². The fourth-order valence-electron chi connectivity index (χ4n) is 1.81. The number of halogens is 1. The van der Waals surface area contributed by atoms with Crippen molar-refractivity contribution in [2.75, 3.05) is 0 Å². The Kier molecular flexibility index (Phi) is 2.75. The Morgan fingerprint density at radius 1 is 1.32 bits per heavy atom. The van der Waals surface area contributed by atoms with Crippen molar-refractivity contribution in [3.8, 4) is 11.3 Å². The third-order valence-electron chi connectivity index (χ3n) is 2.68. The first-order valence-electron chi connectivity index (χ1n) is 5.40. The van der Waals surface area contributed by atoms with Gasteiger partial charge in [0.05, 0.1) is 4.92 Å². The number of nitro benzene ring substituents is 1. The molecule has 0 aliphatic heterocycles. The van der Waals surface area contributed by atoms with E-state index >= 15 is 0 Å². The SMILES string of the molecule is O=[N+]([O-])c1cccc(-c2nc3ncccn3c2Br)c1. The summed E-state index contributed by atoms with van der Waals surface area (Å²) >= 11 is 3.44. The molecule has 7 heteroatoms. The van der Waals surface area contributed by atoms with Crippen LogP contribution in [0.1, 0.15) is 0 Å². The molecule has 0 N–H and O–H groups in total. The van der Waals surface area contributed by atoms with E-state index in [1.807, 2.05) is 6.20 Å². The van der Waals surface area contributed by atoms with E-state index in [1.54, 1.807) is 28.8 Å². The average molecular weight is 319 g/mol. The van der Waals surface area contributed by atoms with Crippen LogP contribution in [-0.4, -0.2) is 19.3 Å². The predicted octanol–water partition coefficient (Wildman–Crippen LogP) is 3.07. The highest BCUT2D eigenvalue weighted by molar-refractivity contribution is 9.10. The molecule has 0 aliphatic carbocycles. The quantitative estimate of drug-likeness (QED) is 0.537. The number of nitrogens with zero attached hydrogens (tertiary/aromatic N) is 4. The van der Waals surface area contributed by atoms with Crippen LogP contribution in [0.4, 0.5) is 5.69 Å². The molecule has 0 spiro atoms. The number of hydrogen-bond donors (Lipinski definition) is 0. The van der Waals surface area contributed by atoms with Gasteiger partial charge in [-0.2, -0.15) is 0 Å². The van der Waals surface area contributed by atoms with Gasteiger partial charge in [-0.25, -0.2) is 9.97 Å². The van der Waals surface area contributed by atoms with Gasteiger partial charge in [0.15, 0.2) is 0 Å². The number of benzene rings is 1. The minimum Gasteiger partial charge on any atom is -0.277 e. The minimum atomic E-state index is -0.425. The Balaban J connectivity index is 2.21. The van der Waals surface area contributed by atoms with Crippen molar-refractivity contribution in [3.05, 3.63) is 57.4 Å². The highest BCUT2D eigenvalue weighted by atomic mass is 79.9. The van der Waals surface area contributed by atoms with E-state index in [2.05, 4.69) is 25.9 Å². The van der Waals surface area contributed by atoms with Crippen LogP contribution in [0.5, 0.6) is 0 Å². The third-order valence-corrected chi connectivity index (χ3v) is 3.43. The monoisotopic (exact) mass is 318 g/mol. The number of non-ortho nitro benzene ring substituents is 1. The topological polar surface area (TPSA) is 73.3 Å². The van der Waals surface area contributed by atoms with Gasteiger partial charge >= 0.3 is 0 Å². The predicted molar refractivity (Wildman–Crippen MR) is 72.8 cm³/mol. The number of imidazole rings is 1. The lowest BCUT2D eigenvalue weighted by Crippen LogP contribution is -1.88. The Labute approximate surface area is 116 Å². The van der Waals surface area contributed by atoms with E-state index in [0.29, 0.717) is 17.0 Å². The fraction of sp³-hybridized carbons (Fsp3) is 0. The van der Waals surface area contributed by atoms with Crippen molar-refractivity contribution in [3.63, 3.8) is 0 Å². The van der Waals surface area contributed by atoms with Crippen molar-refractivity contribution in [2.45, 2.75) is 0 Å². The van der Waals surface area contributed by atoms with E-state index in [0.717, 1.165) is 4.60 Å². The van der Waals surface area contributed by atoms with Crippen LogP contribution < -0.4 is 0 Å². The van der Waals surface area contributed by atoms with Gasteiger partial charge < -0.3 is 0 Å². The van der Waals surface area contributed by atoms with Crippen LogP contribution in [0.3, 0.4) is 0 Å². The maximum Gasteiger partial charge on any atom is 0.270 e. The summed E-state index contributed by atoms with van der Waals surface area (Å²) in [7, 11) is 0. The molecule has 19 heavy (non-hydrogen) atoms. The molecule has 3 aromatic rings. The summed E-state index contributed by atoms with van der Waals surface area (Å²) in [6.45, 7) is 0. The zero-order valence-corrected chi connectivity index (χ0v) is 11.1. The fourth-order valence-corrected chi connectivity index (χ4v) is 2.40. The summed E-state index contributed by atoms with van der Waals surface area (Å²) in [5.41, 5.74) is 1.34. The summed E-state index contributed by atoms with van der Waals surface area (Å²) in [4.78, 5) is 18.9.